The maximum atomic E-state index is 9.26. The number of aliphatic hydroxyl groups is 2. The maximum Gasteiger partial charge on any atom is 0.220 e. The predicted molar refractivity (Wildman–Crippen MR) is 203 cm³/mol. The van der Waals surface area contributed by atoms with E-state index < -0.39 is 0 Å². The van der Waals surface area contributed by atoms with E-state index in [9.17, 15) is 10.4 Å². The number of pyridine rings is 2. The lowest BCUT2D eigenvalue weighted by molar-refractivity contribution is 0.282. The van der Waals surface area contributed by atoms with Crippen LogP contribution in [0.15, 0.2) is 79.1 Å². The first-order valence-electron chi connectivity index (χ1n) is 17.2. The number of aromatic nitrogens is 2. The number of nitrogens with zero attached hydrogens (tertiary/aromatic N) is 3. The second-order valence-electron chi connectivity index (χ2n) is 12.2. The molecule has 53 heavy (non-hydrogen) atoms. The van der Waals surface area contributed by atoms with Gasteiger partial charge in [0.1, 0.15) is 37.4 Å². The summed E-state index contributed by atoms with van der Waals surface area (Å²) in [5, 5.41) is 34.3. The first-order valence-corrected chi connectivity index (χ1v) is 17.6. The molecule has 0 aliphatic heterocycles. The van der Waals surface area contributed by atoms with E-state index in [4.69, 9.17) is 35.7 Å². The van der Waals surface area contributed by atoms with Crippen LogP contribution in [0.4, 0.5) is 0 Å². The topological polar surface area (TPSA) is 151 Å². The Morgan fingerprint density at radius 2 is 1.38 bits per heavy atom. The Morgan fingerprint density at radius 1 is 0.736 bits per heavy atom. The van der Waals surface area contributed by atoms with E-state index >= 15 is 0 Å². The van der Waals surface area contributed by atoms with Crippen molar-refractivity contribution in [3.05, 3.63) is 129 Å². The van der Waals surface area contributed by atoms with Gasteiger partial charge in [0, 0.05) is 67.4 Å². The lowest BCUT2D eigenvalue weighted by Crippen LogP contribution is -2.18. The molecule has 2 aromatic heterocycles. The van der Waals surface area contributed by atoms with Crippen LogP contribution in [0, 0.1) is 25.2 Å². The van der Waals surface area contributed by atoms with Crippen molar-refractivity contribution in [2.75, 3.05) is 33.4 Å². The Bertz CT molecular complexity index is 2040. The van der Waals surface area contributed by atoms with Gasteiger partial charge in [-0.3, -0.25) is 4.98 Å². The molecule has 11 nitrogen and oxygen atoms in total. The van der Waals surface area contributed by atoms with E-state index in [2.05, 4.69) is 52.7 Å². The highest BCUT2D eigenvalue weighted by Crippen LogP contribution is 2.36. The Morgan fingerprint density at radius 3 is 2.02 bits per heavy atom. The number of benzene rings is 3. The third-order valence-corrected chi connectivity index (χ3v) is 8.98. The van der Waals surface area contributed by atoms with Crippen molar-refractivity contribution in [3.63, 3.8) is 0 Å². The highest BCUT2D eigenvalue weighted by atomic mass is 35.5. The van der Waals surface area contributed by atoms with E-state index in [1.807, 2.05) is 36.4 Å². The molecule has 0 fully saturated rings. The van der Waals surface area contributed by atoms with Crippen LogP contribution in [0.3, 0.4) is 0 Å². The summed E-state index contributed by atoms with van der Waals surface area (Å²) in [6.07, 6.45) is 3.16. The molecule has 4 N–H and O–H groups in total. The van der Waals surface area contributed by atoms with Gasteiger partial charge in [-0.15, -0.1) is 0 Å². The van der Waals surface area contributed by atoms with Crippen LogP contribution in [-0.2, 0) is 32.9 Å². The van der Waals surface area contributed by atoms with Crippen LogP contribution in [0.2, 0.25) is 5.02 Å². The van der Waals surface area contributed by atoms with Crippen LogP contribution in [0.25, 0.3) is 11.1 Å². The first kappa shape index (κ1) is 39.0. The van der Waals surface area contributed by atoms with Crippen molar-refractivity contribution in [3.8, 4) is 40.5 Å². The molecule has 5 rings (SSSR count). The quantitative estimate of drug-likeness (QED) is 0.0718. The SMILES string of the molecule is COc1nc(OCc2cccc(-c3cccc(COc4cc(OCc5cncc(C#N)c5)c(CNCCO)cc4Cl)c3C)c2C)ccc1CNCCO. The second kappa shape index (κ2) is 19.6. The lowest BCUT2D eigenvalue weighted by atomic mass is 9.92. The van der Waals surface area contributed by atoms with E-state index in [1.54, 1.807) is 31.5 Å². The Balaban J connectivity index is 1.31. The molecule has 0 saturated carbocycles. The average molecular weight is 738 g/mol. The molecule has 12 heteroatoms. The van der Waals surface area contributed by atoms with Crippen molar-refractivity contribution in [2.45, 2.75) is 46.8 Å². The third-order valence-electron chi connectivity index (χ3n) is 8.69. The largest absolute Gasteiger partial charge is 0.488 e. The number of hydrogen-bond donors (Lipinski definition) is 4. The Labute approximate surface area is 315 Å². The molecular weight excluding hydrogens is 694 g/mol. The van der Waals surface area contributed by atoms with Crippen LogP contribution in [-0.4, -0.2) is 53.6 Å². The van der Waals surface area contributed by atoms with Gasteiger partial charge in [-0.2, -0.15) is 10.2 Å². The molecule has 0 aliphatic rings. The third kappa shape index (κ3) is 10.4. The minimum atomic E-state index is 0.00127. The van der Waals surface area contributed by atoms with Crippen LogP contribution < -0.4 is 29.6 Å². The van der Waals surface area contributed by atoms with Crippen molar-refractivity contribution in [2.24, 2.45) is 0 Å². The summed E-state index contributed by atoms with van der Waals surface area (Å²) in [5.41, 5.74) is 9.25. The fraction of sp³-hybridized carbons (Fsp3) is 0.293. The van der Waals surface area contributed by atoms with Gasteiger partial charge in [-0.05, 0) is 65.4 Å². The minimum Gasteiger partial charge on any atom is -0.488 e. The van der Waals surface area contributed by atoms with Crippen molar-refractivity contribution >= 4 is 11.6 Å². The molecule has 0 radical (unpaired) electrons. The summed E-state index contributed by atoms with van der Waals surface area (Å²) in [6, 6.07) is 23.5. The molecule has 0 atom stereocenters. The monoisotopic (exact) mass is 737 g/mol. The van der Waals surface area contributed by atoms with Crippen LogP contribution >= 0.6 is 11.6 Å². The van der Waals surface area contributed by atoms with Crippen molar-refractivity contribution in [1.82, 2.24) is 20.6 Å². The highest BCUT2D eigenvalue weighted by molar-refractivity contribution is 6.32. The van der Waals surface area contributed by atoms with Crippen LogP contribution in [0.1, 0.15) is 44.5 Å². The molecule has 0 spiro atoms. The zero-order valence-corrected chi connectivity index (χ0v) is 30.9. The first-order chi connectivity index (χ1) is 25.8. The van der Waals surface area contributed by atoms with Gasteiger partial charge in [0.2, 0.25) is 11.8 Å². The number of aliphatic hydroxyl groups excluding tert-OH is 2. The highest BCUT2D eigenvalue weighted by Gasteiger charge is 2.16. The van der Waals surface area contributed by atoms with Gasteiger partial charge in [-0.1, -0.05) is 48.0 Å². The summed E-state index contributed by atoms with van der Waals surface area (Å²) in [4.78, 5) is 8.65. The smallest absolute Gasteiger partial charge is 0.220 e. The van der Waals surface area contributed by atoms with Gasteiger partial charge in [-0.25, -0.2) is 0 Å². The van der Waals surface area contributed by atoms with E-state index in [-0.39, 0.29) is 26.4 Å². The number of halogens is 1. The van der Waals surface area contributed by atoms with Gasteiger partial charge < -0.3 is 39.8 Å². The zero-order valence-electron chi connectivity index (χ0n) is 30.1. The lowest BCUT2D eigenvalue weighted by Gasteiger charge is -2.18. The number of nitrogens with one attached hydrogen (secondary N) is 2. The van der Waals surface area contributed by atoms with Crippen LogP contribution in [0.5, 0.6) is 23.3 Å². The number of nitriles is 1. The van der Waals surface area contributed by atoms with Gasteiger partial charge in [0.25, 0.3) is 0 Å². The minimum absolute atomic E-state index is 0.00127. The molecule has 0 amide bonds. The standard InChI is InChI=1S/C41H44ClN5O6/c1-27-32(25-52-39-18-38(34(17-37(39)42)23-45-13-15-49)51-24-30-16-29(19-43)20-46-21-30)6-4-8-35(27)36-9-5-7-33(28(36)2)26-53-40-11-10-31(22-44-12-14-48)41(47-40)50-3/h4-11,16-18,20-21,44-45,48-49H,12-15,22-26H2,1-3H3. The summed E-state index contributed by atoms with van der Waals surface area (Å²) in [5.74, 6) is 1.97. The number of rotatable bonds is 19. The predicted octanol–water partition coefficient (Wildman–Crippen LogP) is 6.19. The second-order valence-corrected chi connectivity index (χ2v) is 12.7. The van der Waals surface area contributed by atoms with E-state index in [0.29, 0.717) is 66.6 Å². The Kier molecular flexibility index (Phi) is 14.4. The van der Waals surface area contributed by atoms with E-state index in [0.717, 1.165) is 50.1 Å². The summed E-state index contributed by atoms with van der Waals surface area (Å²) < 4.78 is 24.1. The molecule has 3 aromatic carbocycles. The molecule has 5 aromatic rings. The normalized spacial score (nSPS) is 10.9. The number of methoxy groups -OCH3 is 1. The molecule has 2 heterocycles. The maximum absolute atomic E-state index is 9.26. The average Bonchev–Trinajstić information content (AvgIpc) is 3.18. The fourth-order valence-corrected chi connectivity index (χ4v) is 6.01. The summed E-state index contributed by atoms with van der Waals surface area (Å²) >= 11 is 6.73. The molecule has 0 bridgehead atoms. The van der Waals surface area contributed by atoms with Gasteiger partial charge >= 0.3 is 0 Å². The van der Waals surface area contributed by atoms with Crippen molar-refractivity contribution in [1.29, 1.82) is 5.26 Å². The molecule has 0 unspecified atom stereocenters. The Hall–Kier alpha value is -5.22. The van der Waals surface area contributed by atoms with E-state index in [1.165, 1.54) is 6.20 Å². The summed E-state index contributed by atoms with van der Waals surface area (Å²) in [6.45, 7) is 6.88. The number of hydrogen-bond acceptors (Lipinski definition) is 11. The van der Waals surface area contributed by atoms with Crippen molar-refractivity contribution < 1.29 is 29.2 Å². The molecule has 0 saturated heterocycles. The molecule has 0 aliphatic carbocycles. The molecule has 276 valence electrons. The van der Waals surface area contributed by atoms with Gasteiger partial charge in [0.05, 0.1) is 30.9 Å². The fourth-order valence-electron chi connectivity index (χ4n) is 5.77. The number of ether oxygens (including phenoxy) is 4. The zero-order chi connectivity index (χ0) is 37.6. The van der Waals surface area contributed by atoms with Gasteiger partial charge in [0.15, 0.2) is 0 Å². The molecular formula is C41H44ClN5O6. The summed E-state index contributed by atoms with van der Waals surface area (Å²) in [7, 11) is 1.57.